The highest BCUT2D eigenvalue weighted by atomic mass is 19.1. The van der Waals surface area contributed by atoms with Crippen molar-refractivity contribution in [3.63, 3.8) is 0 Å². The summed E-state index contributed by atoms with van der Waals surface area (Å²) >= 11 is 0. The van der Waals surface area contributed by atoms with Crippen molar-refractivity contribution >= 4 is 16.9 Å². The van der Waals surface area contributed by atoms with E-state index < -0.39 is 17.6 Å². The van der Waals surface area contributed by atoms with Gasteiger partial charge >= 0.3 is 0 Å². The van der Waals surface area contributed by atoms with Crippen LogP contribution in [0.3, 0.4) is 0 Å². The molecule has 1 aromatic carbocycles. The van der Waals surface area contributed by atoms with Crippen LogP contribution in [0.15, 0.2) is 29.1 Å². The molecule has 1 aliphatic heterocycles. The number of nitrogens with one attached hydrogen (secondary N) is 2. The van der Waals surface area contributed by atoms with Crippen LogP contribution in [0.5, 0.6) is 5.75 Å². The minimum atomic E-state index is -1.02. The fourth-order valence-corrected chi connectivity index (χ4v) is 3.44. The normalized spacial score (nSPS) is 17.8. The maximum atomic E-state index is 14.4. The van der Waals surface area contributed by atoms with Crippen LogP contribution in [0, 0.1) is 18.7 Å². The van der Waals surface area contributed by atoms with Gasteiger partial charge in [0.1, 0.15) is 16.9 Å². The van der Waals surface area contributed by atoms with E-state index in [-0.39, 0.29) is 28.6 Å². The van der Waals surface area contributed by atoms with E-state index in [0.29, 0.717) is 29.4 Å². The minimum absolute atomic E-state index is 0.00722. The highest BCUT2D eigenvalue weighted by Gasteiger charge is 2.25. The summed E-state index contributed by atoms with van der Waals surface area (Å²) in [7, 11) is 0. The molecule has 3 aromatic rings. The Balaban J connectivity index is 0.000000165. The maximum absolute atomic E-state index is 14.4. The Morgan fingerprint density at radius 2 is 1.97 bits per heavy atom. The number of likely N-dealkylation sites (tertiary alicyclic amines) is 1. The lowest BCUT2D eigenvalue weighted by Crippen LogP contribution is -2.44. The molecule has 174 valence electrons. The molecule has 1 atom stereocenters. The molecule has 0 bridgehead atoms. The number of aromatic amines is 1. The molecule has 1 saturated heterocycles. The molecule has 0 spiro atoms. The summed E-state index contributed by atoms with van der Waals surface area (Å²) in [6.07, 6.45) is 3.09. The van der Waals surface area contributed by atoms with Crippen molar-refractivity contribution in [2.24, 2.45) is 0 Å². The Bertz CT molecular complexity index is 1260. The predicted octanol–water partition coefficient (Wildman–Crippen LogP) is 2.78. The van der Waals surface area contributed by atoms with Crippen molar-refractivity contribution in [2.75, 3.05) is 6.54 Å². The number of carbonyl (C=O) groups is 1. The van der Waals surface area contributed by atoms with Gasteiger partial charge in [-0.3, -0.25) is 14.5 Å². The number of benzene rings is 1. The Labute approximate surface area is 188 Å². The van der Waals surface area contributed by atoms with Gasteiger partial charge in [0.2, 0.25) is 0 Å². The molecule has 2 aliphatic rings. The van der Waals surface area contributed by atoms with Gasteiger partial charge in [-0.1, -0.05) is 6.07 Å². The number of aromatic nitrogens is 3. The van der Waals surface area contributed by atoms with E-state index in [4.69, 9.17) is 5.11 Å². The number of fused-ring (bicyclic) bond motifs is 1. The number of pyridine rings is 1. The second-order valence-corrected chi connectivity index (χ2v) is 8.45. The number of aromatic hydroxyl groups is 1. The van der Waals surface area contributed by atoms with E-state index in [2.05, 4.69) is 32.1 Å². The summed E-state index contributed by atoms with van der Waals surface area (Å²) in [6.45, 7) is 5.33. The van der Waals surface area contributed by atoms with Crippen LogP contribution in [0.4, 0.5) is 8.78 Å². The zero-order valence-electron chi connectivity index (χ0n) is 18.4. The standard InChI is InChI=1S/C14H16FN3O.C9H9FN2O2/c1-8-5-6-18(8)7-10-3-4-11-13(12(10)15)17-14(19)9(2)16-11;10-8-7(13)4-3-6(12-8)9(14)11-5-1-2-5/h3-4,8H,5-7H2,1-2H3,(H,17,19);3-5,13H,1-2H2,(H,11,14). The van der Waals surface area contributed by atoms with Crippen molar-refractivity contribution < 1.29 is 18.7 Å². The van der Waals surface area contributed by atoms with E-state index in [1.54, 1.807) is 19.1 Å². The maximum Gasteiger partial charge on any atom is 0.270 e. The number of amides is 1. The van der Waals surface area contributed by atoms with Gasteiger partial charge in [0.05, 0.1) is 5.52 Å². The largest absolute Gasteiger partial charge is 0.504 e. The smallest absolute Gasteiger partial charge is 0.270 e. The summed E-state index contributed by atoms with van der Waals surface area (Å²) in [5.74, 6) is -2.32. The molecule has 2 fully saturated rings. The van der Waals surface area contributed by atoms with Crippen LogP contribution in [0.2, 0.25) is 0 Å². The Kier molecular flexibility index (Phi) is 6.37. The Morgan fingerprint density at radius 1 is 1.21 bits per heavy atom. The van der Waals surface area contributed by atoms with Gasteiger partial charge in [-0.25, -0.2) is 14.4 Å². The molecule has 0 radical (unpaired) electrons. The van der Waals surface area contributed by atoms with Gasteiger partial charge in [-0.15, -0.1) is 0 Å². The van der Waals surface area contributed by atoms with Crippen molar-refractivity contribution in [1.29, 1.82) is 0 Å². The van der Waals surface area contributed by atoms with Crippen LogP contribution in [0.25, 0.3) is 11.0 Å². The van der Waals surface area contributed by atoms with Gasteiger partial charge in [-0.2, -0.15) is 4.39 Å². The number of carbonyl (C=O) groups excluding carboxylic acids is 1. The number of nitrogens with zero attached hydrogens (tertiary/aromatic N) is 3. The quantitative estimate of drug-likeness (QED) is 0.520. The molecule has 3 N–H and O–H groups in total. The first-order valence-electron chi connectivity index (χ1n) is 10.8. The fourth-order valence-electron chi connectivity index (χ4n) is 3.44. The van der Waals surface area contributed by atoms with Gasteiger partial charge < -0.3 is 15.4 Å². The molecular weight excluding hydrogens is 432 g/mol. The summed E-state index contributed by atoms with van der Waals surface area (Å²) < 4.78 is 27.1. The molecule has 3 heterocycles. The van der Waals surface area contributed by atoms with Crippen LogP contribution < -0.4 is 10.9 Å². The van der Waals surface area contributed by atoms with E-state index >= 15 is 0 Å². The van der Waals surface area contributed by atoms with Gasteiger partial charge in [-0.05, 0) is 51.3 Å². The van der Waals surface area contributed by atoms with Crippen LogP contribution in [-0.4, -0.2) is 49.5 Å². The third kappa shape index (κ3) is 5.16. The van der Waals surface area contributed by atoms with E-state index in [9.17, 15) is 18.4 Å². The number of hydrogen-bond acceptors (Lipinski definition) is 6. The van der Waals surface area contributed by atoms with Crippen molar-refractivity contribution in [2.45, 2.75) is 51.7 Å². The second kappa shape index (κ2) is 9.22. The highest BCUT2D eigenvalue weighted by Crippen LogP contribution is 2.24. The van der Waals surface area contributed by atoms with Crippen molar-refractivity contribution in [3.8, 4) is 5.75 Å². The van der Waals surface area contributed by atoms with E-state index in [1.807, 2.05) is 0 Å². The molecule has 1 unspecified atom stereocenters. The minimum Gasteiger partial charge on any atom is -0.504 e. The SMILES string of the molecule is Cc1nc2ccc(CN3CCC3C)c(F)c2[nH]c1=O.O=C(NC1CC1)c1ccc(O)c(F)n1. The average Bonchev–Trinajstić information content (AvgIpc) is 3.60. The van der Waals surface area contributed by atoms with Gasteiger partial charge in [0, 0.05) is 30.7 Å². The molecule has 1 saturated carbocycles. The van der Waals surface area contributed by atoms with Crippen molar-refractivity contribution in [3.05, 3.63) is 63.3 Å². The monoisotopic (exact) mass is 457 g/mol. The molecule has 8 nitrogen and oxygen atoms in total. The number of H-pyrrole nitrogens is 1. The molecule has 5 rings (SSSR count). The Morgan fingerprint density at radius 3 is 2.58 bits per heavy atom. The summed E-state index contributed by atoms with van der Waals surface area (Å²) in [6, 6.07) is 6.64. The predicted molar refractivity (Wildman–Crippen MR) is 118 cm³/mol. The third-order valence-corrected chi connectivity index (χ3v) is 5.86. The first-order chi connectivity index (χ1) is 15.7. The second-order valence-electron chi connectivity index (χ2n) is 8.45. The summed E-state index contributed by atoms with van der Waals surface area (Å²) in [4.78, 5) is 35.1. The summed E-state index contributed by atoms with van der Waals surface area (Å²) in [5, 5.41) is 11.5. The number of halogens is 2. The number of aryl methyl sites for hydroxylation is 1. The molecule has 1 aliphatic carbocycles. The van der Waals surface area contributed by atoms with Crippen molar-refractivity contribution in [1.82, 2.24) is 25.2 Å². The van der Waals surface area contributed by atoms with Gasteiger partial charge in [0.25, 0.3) is 17.4 Å². The topological polar surface area (TPSA) is 111 Å². The van der Waals surface area contributed by atoms with E-state index in [0.717, 1.165) is 31.9 Å². The highest BCUT2D eigenvalue weighted by molar-refractivity contribution is 5.92. The van der Waals surface area contributed by atoms with Crippen LogP contribution >= 0.6 is 0 Å². The summed E-state index contributed by atoms with van der Waals surface area (Å²) in [5.41, 5.74) is 1.33. The molecule has 10 heteroatoms. The Hall–Kier alpha value is -3.40. The third-order valence-electron chi connectivity index (χ3n) is 5.86. The number of hydrogen-bond donors (Lipinski definition) is 3. The first kappa shape index (κ1) is 22.8. The average molecular weight is 457 g/mol. The lowest BCUT2D eigenvalue weighted by molar-refractivity contribution is 0.0944. The van der Waals surface area contributed by atoms with Crippen LogP contribution in [0.1, 0.15) is 47.9 Å². The fraction of sp³-hybridized carbons (Fsp3) is 0.391. The lowest BCUT2D eigenvalue weighted by Gasteiger charge is -2.38. The van der Waals surface area contributed by atoms with Crippen LogP contribution in [-0.2, 0) is 6.54 Å². The lowest BCUT2D eigenvalue weighted by atomic mass is 10.0. The number of rotatable bonds is 4. The van der Waals surface area contributed by atoms with E-state index in [1.165, 1.54) is 6.07 Å². The molecule has 1 amide bonds. The zero-order valence-corrected chi connectivity index (χ0v) is 18.4. The zero-order chi connectivity index (χ0) is 23.7. The first-order valence-corrected chi connectivity index (χ1v) is 10.8. The molecule has 2 aromatic heterocycles. The van der Waals surface area contributed by atoms with Gasteiger partial charge in [0.15, 0.2) is 11.6 Å². The molecular formula is C23H25F2N5O3. The molecule has 33 heavy (non-hydrogen) atoms.